The molecule has 1 atom stereocenters. The predicted octanol–water partition coefficient (Wildman–Crippen LogP) is 3.25. The van der Waals surface area contributed by atoms with Gasteiger partial charge in [-0.25, -0.2) is 9.97 Å². The van der Waals surface area contributed by atoms with Crippen molar-refractivity contribution in [3.8, 4) is 5.88 Å². The lowest BCUT2D eigenvalue weighted by Crippen LogP contribution is -1.99. The summed E-state index contributed by atoms with van der Waals surface area (Å²) in [5, 5.41) is 0.0203. The van der Waals surface area contributed by atoms with Crippen LogP contribution in [0.4, 0.5) is 0 Å². The Morgan fingerprint density at radius 3 is 2.94 bits per heavy atom. The molecule has 17 heavy (non-hydrogen) atoms. The smallest absolute Gasteiger partial charge is 0.216 e. The van der Waals surface area contributed by atoms with Crippen LogP contribution in [0.1, 0.15) is 16.6 Å². The SMILES string of the molecule is COc1cc(CC(Cl)c2ccoc2Cl)ncn1. The highest BCUT2D eigenvalue weighted by atomic mass is 35.5. The van der Waals surface area contributed by atoms with Gasteiger partial charge in [0.15, 0.2) is 5.22 Å². The van der Waals surface area contributed by atoms with E-state index >= 15 is 0 Å². The normalized spacial score (nSPS) is 12.4. The number of alkyl halides is 1. The van der Waals surface area contributed by atoms with Crippen LogP contribution in [0.25, 0.3) is 0 Å². The zero-order valence-corrected chi connectivity index (χ0v) is 10.6. The third kappa shape index (κ3) is 2.90. The highest BCUT2D eigenvalue weighted by molar-refractivity contribution is 6.31. The Morgan fingerprint density at radius 1 is 1.47 bits per heavy atom. The molecular formula is C11H10Cl2N2O2. The molecule has 2 aromatic rings. The minimum Gasteiger partial charge on any atom is -0.481 e. The molecule has 0 saturated heterocycles. The van der Waals surface area contributed by atoms with E-state index in [1.807, 2.05) is 0 Å². The van der Waals surface area contributed by atoms with Gasteiger partial charge in [0.25, 0.3) is 0 Å². The maximum Gasteiger partial charge on any atom is 0.216 e. The summed E-state index contributed by atoms with van der Waals surface area (Å²) in [6, 6.07) is 3.49. The summed E-state index contributed by atoms with van der Waals surface area (Å²) in [4.78, 5) is 8.04. The number of ether oxygens (including phenoxy) is 1. The van der Waals surface area contributed by atoms with E-state index in [0.29, 0.717) is 17.5 Å². The van der Waals surface area contributed by atoms with Gasteiger partial charge in [-0.15, -0.1) is 11.6 Å². The fourth-order valence-electron chi connectivity index (χ4n) is 1.42. The number of nitrogens with zero attached hydrogens (tertiary/aromatic N) is 2. The second-order valence-corrected chi connectivity index (χ2v) is 4.24. The number of hydrogen-bond donors (Lipinski definition) is 0. The molecule has 2 rings (SSSR count). The van der Waals surface area contributed by atoms with Crippen molar-refractivity contribution in [1.29, 1.82) is 0 Å². The van der Waals surface area contributed by atoms with E-state index in [-0.39, 0.29) is 5.38 Å². The Hall–Kier alpha value is -1.26. The van der Waals surface area contributed by atoms with Gasteiger partial charge >= 0.3 is 0 Å². The second kappa shape index (κ2) is 5.38. The molecule has 0 fully saturated rings. The number of aromatic nitrogens is 2. The predicted molar refractivity (Wildman–Crippen MR) is 64.6 cm³/mol. The second-order valence-electron chi connectivity index (χ2n) is 3.37. The van der Waals surface area contributed by atoms with Crippen molar-refractivity contribution in [1.82, 2.24) is 9.97 Å². The molecule has 2 heterocycles. The zero-order valence-electron chi connectivity index (χ0n) is 9.06. The first kappa shape index (κ1) is 12.2. The maximum absolute atomic E-state index is 6.24. The van der Waals surface area contributed by atoms with Crippen molar-refractivity contribution in [2.45, 2.75) is 11.8 Å². The minimum absolute atomic E-state index is 0.291. The fourth-order valence-corrected chi connectivity index (χ4v) is 2.05. The molecule has 90 valence electrons. The van der Waals surface area contributed by atoms with Crippen molar-refractivity contribution < 1.29 is 9.15 Å². The van der Waals surface area contributed by atoms with Gasteiger partial charge in [0, 0.05) is 23.7 Å². The minimum atomic E-state index is -0.291. The molecule has 2 aromatic heterocycles. The lowest BCUT2D eigenvalue weighted by Gasteiger charge is -2.07. The third-order valence-corrected chi connectivity index (χ3v) is 2.98. The quantitative estimate of drug-likeness (QED) is 0.802. The Bertz CT molecular complexity index is 502. The third-order valence-electron chi connectivity index (χ3n) is 2.28. The molecule has 0 saturated carbocycles. The summed E-state index contributed by atoms with van der Waals surface area (Å²) < 4.78 is 10.0. The van der Waals surface area contributed by atoms with Gasteiger partial charge in [-0.05, 0) is 17.7 Å². The highest BCUT2D eigenvalue weighted by Gasteiger charge is 2.16. The topological polar surface area (TPSA) is 48.2 Å². The molecule has 0 spiro atoms. The van der Waals surface area contributed by atoms with Crippen LogP contribution in [-0.4, -0.2) is 17.1 Å². The number of methoxy groups -OCH3 is 1. The van der Waals surface area contributed by atoms with E-state index in [1.165, 1.54) is 12.6 Å². The van der Waals surface area contributed by atoms with Gasteiger partial charge in [0.2, 0.25) is 5.88 Å². The van der Waals surface area contributed by atoms with Crippen molar-refractivity contribution >= 4 is 23.2 Å². The molecule has 0 aliphatic rings. The van der Waals surface area contributed by atoms with E-state index in [9.17, 15) is 0 Å². The van der Waals surface area contributed by atoms with E-state index in [4.69, 9.17) is 32.4 Å². The van der Waals surface area contributed by atoms with Gasteiger partial charge in [0.1, 0.15) is 6.33 Å². The molecule has 1 unspecified atom stereocenters. The van der Waals surface area contributed by atoms with Gasteiger partial charge in [0.05, 0.1) is 18.8 Å². The Kier molecular flexibility index (Phi) is 3.86. The van der Waals surface area contributed by atoms with E-state index in [1.54, 1.807) is 19.2 Å². The van der Waals surface area contributed by atoms with E-state index in [0.717, 1.165) is 11.3 Å². The van der Waals surface area contributed by atoms with Crippen molar-refractivity contribution in [3.05, 3.63) is 41.2 Å². The van der Waals surface area contributed by atoms with Crippen LogP contribution in [-0.2, 0) is 6.42 Å². The molecular weight excluding hydrogens is 263 g/mol. The average Bonchev–Trinajstić information content (AvgIpc) is 2.76. The molecule has 0 aliphatic carbocycles. The summed E-state index contributed by atoms with van der Waals surface area (Å²) in [5.41, 5.74) is 1.54. The first-order chi connectivity index (χ1) is 8.20. The van der Waals surface area contributed by atoms with Crippen LogP contribution in [0.15, 0.2) is 29.1 Å². The molecule has 0 aliphatic heterocycles. The summed E-state index contributed by atoms with van der Waals surface area (Å²) in [6.45, 7) is 0. The molecule has 0 radical (unpaired) electrons. The van der Waals surface area contributed by atoms with Crippen LogP contribution in [0.2, 0.25) is 5.22 Å². The Balaban J connectivity index is 2.13. The van der Waals surface area contributed by atoms with Crippen LogP contribution in [0.5, 0.6) is 5.88 Å². The molecule has 0 N–H and O–H groups in total. The number of halogens is 2. The van der Waals surface area contributed by atoms with Crippen LogP contribution in [0, 0.1) is 0 Å². The van der Waals surface area contributed by atoms with E-state index < -0.39 is 0 Å². The number of furan rings is 1. The monoisotopic (exact) mass is 272 g/mol. The van der Waals surface area contributed by atoms with Crippen molar-refractivity contribution in [2.24, 2.45) is 0 Å². The van der Waals surface area contributed by atoms with E-state index in [2.05, 4.69) is 9.97 Å². The number of hydrogen-bond acceptors (Lipinski definition) is 4. The van der Waals surface area contributed by atoms with Crippen LogP contribution < -0.4 is 4.74 Å². The lowest BCUT2D eigenvalue weighted by atomic mass is 10.1. The molecule has 0 amide bonds. The van der Waals surface area contributed by atoms with Crippen LogP contribution >= 0.6 is 23.2 Å². The van der Waals surface area contributed by atoms with Crippen molar-refractivity contribution in [3.63, 3.8) is 0 Å². The largest absolute Gasteiger partial charge is 0.481 e. The fraction of sp³-hybridized carbons (Fsp3) is 0.273. The summed E-state index contributed by atoms with van der Waals surface area (Å²) in [7, 11) is 1.55. The zero-order chi connectivity index (χ0) is 12.3. The summed E-state index contributed by atoms with van der Waals surface area (Å²) in [5.74, 6) is 0.511. The van der Waals surface area contributed by atoms with Gasteiger partial charge in [-0.1, -0.05) is 0 Å². The van der Waals surface area contributed by atoms with Gasteiger partial charge in [-0.2, -0.15) is 0 Å². The first-order valence-corrected chi connectivity index (χ1v) is 5.74. The molecule has 0 aromatic carbocycles. The number of rotatable bonds is 4. The maximum atomic E-state index is 6.24. The molecule has 0 bridgehead atoms. The van der Waals surface area contributed by atoms with Crippen LogP contribution in [0.3, 0.4) is 0 Å². The van der Waals surface area contributed by atoms with Gasteiger partial charge < -0.3 is 9.15 Å². The first-order valence-electron chi connectivity index (χ1n) is 4.92. The Labute approximate surface area is 109 Å². The highest BCUT2D eigenvalue weighted by Crippen LogP contribution is 2.31. The summed E-state index contributed by atoms with van der Waals surface area (Å²) in [6.07, 6.45) is 3.47. The summed E-state index contributed by atoms with van der Waals surface area (Å²) >= 11 is 12.1. The average molecular weight is 273 g/mol. The van der Waals surface area contributed by atoms with Crippen molar-refractivity contribution in [2.75, 3.05) is 7.11 Å². The lowest BCUT2D eigenvalue weighted by molar-refractivity contribution is 0.396. The molecule has 4 nitrogen and oxygen atoms in total. The molecule has 6 heteroatoms. The standard InChI is InChI=1S/C11H10Cl2N2O2/c1-16-10-5-7(14-6-15-10)4-9(12)8-2-3-17-11(8)13/h2-3,5-6,9H,4H2,1H3. The van der Waals surface area contributed by atoms with Gasteiger partial charge in [-0.3, -0.25) is 0 Å². The Morgan fingerprint density at radius 2 is 2.29 bits per heavy atom.